The van der Waals surface area contributed by atoms with E-state index < -0.39 is 5.72 Å². The maximum atomic E-state index is 5.24. The average Bonchev–Trinajstić information content (AvgIpc) is 2.54. The molecule has 3 heteroatoms. The highest BCUT2D eigenvalue weighted by atomic mass is 16.5. The van der Waals surface area contributed by atoms with Gasteiger partial charge in [-0.1, -0.05) is 25.7 Å². The molecule has 0 spiro atoms. The standard InChI is InChI=1S/C13H26N2O/c1-11(14-15-13(2,3)16-4)12-9-7-5-6-8-10-12/h11-12H,5-10H2,1-4H3. The summed E-state index contributed by atoms with van der Waals surface area (Å²) in [4.78, 5) is 0. The summed E-state index contributed by atoms with van der Waals surface area (Å²) < 4.78 is 5.24. The first kappa shape index (κ1) is 13.6. The van der Waals surface area contributed by atoms with Crippen molar-refractivity contribution in [3.63, 3.8) is 0 Å². The van der Waals surface area contributed by atoms with Gasteiger partial charge in [-0.3, -0.25) is 0 Å². The Morgan fingerprint density at radius 1 is 1.12 bits per heavy atom. The molecule has 0 aromatic carbocycles. The van der Waals surface area contributed by atoms with Gasteiger partial charge in [0.1, 0.15) is 0 Å². The van der Waals surface area contributed by atoms with Crippen LogP contribution in [0.4, 0.5) is 0 Å². The summed E-state index contributed by atoms with van der Waals surface area (Å²) in [5, 5.41) is 8.72. The number of hydrogen-bond donors (Lipinski definition) is 0. The van der Waals surface area contributed by atoms with Gasteiger partial charge < -0.3 is 4.74 Å². The number of hydrogen-bond acceptors (Lipinski definition) is 3. The number of rotatable bonds is 4. The van der Waals surface area contributed by atoms with E-state index in [1.54, 1.807) is 7.11 Å². The Kier molecular flexibility index (Phi) is 5.39. The molecular weight excluding hydrogens is 200 g/mol. The van der Waals surface area contributed by atoms with Gasteiger partial charge in [-0.25, -0.2) is 0 Å². The highest BCUT2D eigenvalue weighted by molar-refractivity contribution is 4.74. The summed E-state index contributed by atoms with van der Waals surface area (Å²) in [6, 6.07) is 0.340. The normalized spacial score (nSPS) is 22.2. The van der Waals surface area contributed by atoms with Gasteiger partial charge in [0.05, 0.1) is 6.04 Å². The Balaban J connectivity index is 2.46. The Morgan fingerprint density at radius 2 is 1.69 bits per heavy atom. The molecule has 0 radical (unpaired) electrons. The van der Waals surface area contributed by atoms with Gasteiger partial charge >= 0.3 is 0 Å². The van der Waals surface area contributed by atoms with E-state index in [2.05, 4.69) is 17.2 Å². The second-order valence-corrected chi connectivity index (χ2v) is 5.36. The molecule has 0 N–H and O–H groups in total. The van der Waals surface area contributed by atoms with E-state index in [0.29, 0.717) is 6.04 Å². The highest BCUT2D eigenvalue weighted by Crippen LogP contribution is 2.27. The summed E-state index contributed by atoms with van der Waals surface area (Å²) >= 11 is 0. The Bertz CT molecular complexity index is 218. The van der Waals surface area contributed by atoms with Crippen molar-refractivity contribution in [1.29, 1.82) is 0 Å². The minimum atomic E-state index is -0.473. The van der Waals surface area contributed by atoms with Crippen LogP contribution in [0, 0.1) is 5.92 Å². The molecule has 0 aliphatic heterocycles. The molecule has 3 nitrogen and oxygen atoms in total. The van der Waals surface area contributed by atoms with Crippen molar-refractivity contribution < 1.29 is 4.74 Å². The van der Waals surface area contributed by atoms with Gasteiger partial charge in [0.15, 0.2) is 5.72 Å². The fraction of sp³-hybridized carbons (Fsp3) is 1.00. The molecule has 0 heterocycles. The first-order chi connectivity index (χ1) is 7.55. The molecule has 0 saturated heterocycles. The van der Waals surface area contributed by atoms with Gasteiger partial charge in [-0.05, 0) is 39.5 Å². The third-order valence-electron chi connectivity index (χ3n) is 3.56. The molecule has 1 fully saturated rings. The SMILES string of the molecule is COC(C)(C)N=NC(C)C1CCCCCC1. The highest BCUT2D eigenvalue weighted by Gasteiger charge is 2.20. The summed E-state index contributed by atoms with van der Waals surface area (Å²) in [5.74, 6) is 0.721. The molecule has 1 rings (SSSR count). The van der Waals surface area contributed by atoms with Crippen molar-refractivity contribution in [3.8, 4) is 0 Å². The van der Waals surface area contributed by atoms with Crippen molar-refractivity contribution in [2.24, 2.45) is 16.1 Å². The van der Waals surface area contributed by atoms with Crippen LogP contribution in [0.25, 0.3) is 0 Å². The third-order valence-corrected chi connectivity index (χ3v) is 3.56. The fourth-order valence-corrected chi connectivity index (χ4v) is 2.16. The summed E-state index contributed by atoms with van der Waals surface area (Å²) in [6.07, 6.45) is 8.13. The second-order valence-electron chi connectivity index (χ2n) is 5.36. The van der Waals surface area contributed by atoms with Crippen LogP contribution in [0.15, 0.2) is 10.2 Å². The summed E-state index contributed by atoms with van der Waals surface area (Å²) in [6.45, 7) is 6.07. The zero-order valence-corrected chi connectivity index (χ0v) is 11.2. The molecular formula is C13H26N2O. The molecule has 0 aromatic rings. The minimum Gasteiger partial charge on any atom is -0.356 e. The molecule has 1 atom stereocenters. The van der Waals surface area contributed by atoms with Gasteiger partial charge in [-0.2, -0.15) is 10.2 Å². The average molecular weight is 226 g/mol. The van der Waals surface area contributed by atoms with Crippen molar-refractivity contribution in [2.45, 2.75) is 71.1 Å². The van der Waals surface area contributed by atoms with Crippen LogP contribution in [0.5, 0.6) is 0 Å². The Morgan fingerprint density at radius 3 is 2.19 bits per heavy atom. The predicted octanol–water partition coefficient (Wildman–Crippen LogP) is 4.18. The lowest BCUT2D eigenvalue weighted by Crippen LogP contribution is -2.20. The lowest BCUT2D eigenvalue weighted by molar-refractivity contribution is 0.0224. The molecule has 1 aliphatic rings. The smallest absolute Gasteiger partial charge is 0.172 e. The van der Waals surface area contributed by atoms with E-state index in [0.717, 1.165) is 5.92 Å². The van der Waals surface area contributed by atoms with Gasteiger partial charge in [0.25, 0.3) is 0 Å². The molecule has 1 aliphatic carbocycles. The first-order valence-corrected chi connectivity index (χ1v) is 6.52. The van der Waals surface area contributed by atoms with Gasteiger partial charge in [0.2, 0.25) is 0 Å². The largest absolute Gasteiger partial charge is 0.356 e. The van der Waals surface area contributed by atoms with Crippen LogP contribution in [0.1, 0.15) is 59.3 Å². The third kappa shape index (κ3) is 4.60. The minimum absolute atomic E-state index is 0.340. The van der Waals surface area contributed by atoms with E-state index in [9.17, 15) is 0 Å². The molecule has 16 heavy (non-hydrogen) atoms. The zero-order chi connectivity index (χ0) is 12.0. The van der Waals surface area contributed by atoms with Crippen LogP contribution in [-0.2, 0) is 4.74 Å². The second kappa shape index (κ2) is 6.33. The summed E-state index contributed by atoms with van der Waals surface area (Å²) in [5.41, 5.74) is -0.473. The first-order valence-electron chi connectivity index (χ1n) is 6.52. The van der Waals surface area contributed by atoms with E-state index >= 15 is 0 Å². The number of azo groups is 1. The van der Waals surface area contributed by atoms with Crippen LogP contribution in [-0.4, -0.2) is 18.9 Å². The van der Waals surface area contributed by atoms with Crippen LogP contribution in [0.2, 0.25) is 0 Å². The van der Waals surface area contributed by atoms with Crippen molar-refractivity contribution in [1.82, 2.24) is 0 Å². The van der Waals surface area contributed by atoms with Crippen LogP contribution in [0.3, 0.4) is 0 Å². The Hall–Kier alpha value is -0.440. The lowest BCUT2D eigenvalue weighted by atomic mass is 9.94. The van der Waals surface area contributed by atoms with E-state index in [1.165, 1.54) is 38.5 Å². The summed E-state index contributed by atoms with van der Waals surface area (Å²) in [7, 11) is 1.68. The topological polar surface area (TPSA) is 34.0 Å². The van der Waals surface area contributed by atoms with Crippen LogP contribution >= 0.6 is 0 Å². The monoisotopic (exact) mass is 226 g/mol. The number of methoxy groups -OCH3 is 1. The Labute approximate surface area is 99.7 Å². The molecule has 1 unspecified atom stereocenters. The molecule has 94 valence electrons. The predicted molar refractivity (Wildman–Crippen MR) is 66.6 cm³/mol. The van der Waals surface area contributed by atoms with E-state index in [-0.39, 0.29) is 0 Å². The van der Waals surface area contributed by atoms with Gasteiger partial charge in [-0.15, -0.1) is 0 Å². The maximum Gasteiger partial charge on any atom is 0.172 e. The quantitative estimate of drug-likeness (QED) is 0.523. The lowest BCUT2D eigenvalue weighted by Gasteiger charge is -2.20. The zero-order valence-electron chi connectivity index (χ0n) is 11.2. The fourth-order valence-electron chi connectivity index (χ4n) is 2.16. The molecule has 0 bridgehead atoms. The van der Waals surface area contributed by atoms with Crippen molar-refractivity contribution in [3.05, 3.63) is 0 Å². The van der Waals surface area contributed by atoms with E-state index in [4.69, 9.17) is 4.74 Å². The number of nitrogens with zero attached hydrogens (tertiary/aromatic N) is 2. The molecule has 0 amide bonds. The number of ether oxygens (including phenoxy) is 1. The van der Waals surface area contributed by atoms with Crippen LogP contribution < -0.4 is 0 Å². The van der Waals surface area contributed by atoms with E-state index in [1.807, 2.05) is 13.8 Å². The van der Waals surface area contributed by atoms with Crippen molar-refractivity contribution in [2.75, 3.05) is 7.11 Å². The maximum absolute atomic E-state index is 5.24. The van der Waals surface area contributed by atoms with Gasteiger partial charge in [0, 0.05) is 7.11 Å². The van der Waals surface area contributed by atoms with Crippen molar-refractivity contribution >= 4 is 0 Å². The molecule has 0 aromatic heterocycles. The molecule has 1 saturated carbocycles.